The fourth-order valence-electron chi connectivity index (χ4n) is 4.62. The van der Waals surface area contributed by atoms with Crippen LogP contribution in [0.25, 0.3) is 0 Å². The Morgan fingerprint density at radius 1 is 1.09 bits per heavy atom. The van der Waals surface area contributed by atoms with Crippen LogP contribution in [0.2, 0.25) is 0 Å². The van der Waals surface area contributed by atoms with Crippen molar-refractivity contribution < 1.29 is 37.3 Å². The predicted molar refractivity (Wildman–Crippen MR) is 108 cm³/mol. The lowest BCUT2D eigenvalue weighted by atomic mass is 9.88. The van der Waals surface area contributed by atoms with Crippen LogP contribution < -0.4 is 4.74 Å². The molecular weight excluding hydrogens is 428 g/mol. The number of benzene rings is 2. The number of carboxylic acids is 1. The summed E-state index contributed by atoms with van der Waals surface area (Å²) in [6.45, 7) is 0. The minimum Gasteiger partial charge on any atom is -0.487 e. The lowest BCUT2D eigenvalue weighted by Crippen LogP contribution is -2.29. The number of carbonyl (C=O) groups is 1. The van der Waals surface area contributed by atoms with E-state index in [0.29, 0.717) is 31.2 Å². The van der Waals surface area contributed by atoms with E-state index in [9.17, 15) is 27.5 Å². The summed E-state index contributed by atoms with van der Waals surface area (Å²) in [5, 5.41) is 19.2. The van der Waals surface area contributed by atoms with Crippen molar-refractivity contribution in [3.63, 3.8) is 0 Å². The van der Waals surface area contributed by atoms with Crippen molar-refractivity contribution in [3.8, 4) is 5.75 Å². The molecule has 1 heterocycles. The Labute approximate surface area is 182 Å². The maximum Gasteiger partial charge on any atom is 0.338 e. The Balaban J connectivity index is 1.49. The number of carboxylic acid groups (broad SMARTS) is 1. The summed E-state index contributed by atoms with van der Waals surface area (Å²) in [7, 11) is 0. The smallest absolute Gasteiger partial charge is 0.338 e. The zero-order valence-electron chi connectivity index (χ0n) is 17.0. The van der Waals surface area contributed by atoms with Crippen molar-refractivity contribution in [2.24, 2.45) is 11.8 Å². The van der Waals surface area contributed by atoms with Crippen molar-refractivity contribution in [1.82, 2.24) is 0 Å². The van der Waals surface area contributed by atoms with Gasteiger partial charge in [0.1, 0.15) is 18.0 Å². The molecule has 1 aliphatic carbocycles. The third-order valence-corrected chi connectivity index (χ3v) is 6.38. The fourth-order valence-corrected chi connectivity index (χ4v) is 4.62. The van der Waals surface area contributed by atoms with Crippen molar-refractivity contribution in [2.45, 2.75) is 43.8 Å². The SMILES string of the molecule is O=C(O)c1ccc2c(c1F)O[C@H]1CC[C@H](/C=C/C(O)C(F)(F)c3ccc(F)cc3)[C@H]1CC2. The Hall–Kier alpha value is -2.87. The molecule has 4 nitrogen and oxygen atoms in total. The van der Waals surface area contributed by atoms with Crippen molar-refractivity contribution in [3.05, 3.63) is 76.9 Å². The number of allylic oxidation sites excluding steroid dienone is 1. The summed E-state index contributed by atoms with van der Waals surface area (Å²) in [6, 6.07) is 6.46. The molecule has 0 aromatic heterocycles. The molecule has 1 fully saturated rings. The molecule has 170 valence electrons. The maximum atomic E-state index is 14.7. The van der Waals surface area contributed by atoms with Crippen LogP contribution in [0.5, 0.6) is 5.75 Å². The van der Waals surface area contributed by atoms with Gasteiger partial charge in [0.25, 0.3) is 0 Å². The highest BCUT2D eigenvalue weighted by Gasteiger charge is 2.41. The van der Waals surface area contributed by atoms with Crippen molar-refractivity contribution in [2.75, 3.05) is 0 Å². The molecule has 0 radical (unpaired) electrons. The molecule has 2 aromatic rings. The Morgan fingerprint density at radius 3 is 2.50 bits per heavy atom. The number of hydrogen-bond donors (Lipinski definition) is 2. The van der Waals surface area contributed by atoms with E-state index >= 15 is 0 Å². The summed E-state index contributed by atoms with van der Waals surface area (Å²) in [4.78, 5) is 11.2. The van der Waals surface area contributed by atoms with Crippen LogP contribution in [0.1, 0.15) is 40.7 Å². The first kappa shape index (κ1) is 22.3. The van der Waals surface area contributed by atoms with E-state index in [1.807, 2.05) is 0 Å². The highest BCUT2D eigenvalue weighted by molar-refractivity contribution is 5.88. The van der Waals surface area contributed by atoms with Crippen LogP contribution in [0.4, 0.5) is 17.6 Å². The summed E-state index contributed by atoms with van der Waals surface area (Å²) in [5.41, 5.74) is -0.367. The Kier molecular flexibility index (Phi) is 5.99. The van der Waals surface area contributed by atoms with Gasteiger partial charge in [0.15, 0.2) is 11.6 Å². The number of hydrogen-bond acceptors (Lipinski definition) is 3. The number of aliphatic hydroxyl groups excluding tert-OH is 1. The van der Waals surface area contributed by atoms with E-state index in [2.05, 4.69) is 0 Å². The quantitative estimate of drug-likeness (QED) is 0.492. The van der Waals surface area contributed by atoms with Gasteiger partial charge in [-0.2, -0.15) is 8.78 Å². The highest BCUT2D eigenvalue weighted by Crippen LogP contribution is 2.44. The monoisotopic (exact) mass is 450 g/mol. The van der Waals surface area contributed by atoms with Crippen LogP contribution in [0, 0.1) is 23.5 Å². The summed E-state index contributed by atoms with van der Waals surface area (Å²) in [6.07, 6.45) is 2.37. The minimum absolute atomic E-state index is 0.0510. The molecule has 0 bridgehead atoms. The average molecular weight is 450 g/mol. The predicted octanol–water partition coefficient (Wildman–Crippen LogP) is 5.09. The zero-order chi connectivity index (χ0) is 23.0. The molecule has 1 saturated carbocycles. The van der Waals surface area contributed by atoms with Crippen LogP contribution in [-0.4, -0.2) is 28.4 Å². The third kappa shape index (κ3) is 4.11. The number of fused-ring (bicyclic) bond motifs is 2. The normalized spacial score (nSPS) is 23.8. The molecule has 2 N–H and O–H groups in total. The molecular formula is C24H22F4O4. The number of aryl methyl sites for hydroxylation is 1. The Morgan fingerprint density at radius 2 is 1.81 bits per heavy atom. The van der Waals surface area contributed by atoms with E-state index in [1.54, 1.807) is 12.1 Å². The van der Waals surface area contributed by atoms with Gasteiger partial charge in [-0.05, 0) is 55.4 Å². The summed E-state index contributed by atoms with van der Waals surface area (Å²) in [5.74, 6) is -6.80. The lowest BCUT2D eigenvalue weighted by Gasteiger charge is -2.23. The first-order valence-electron chi connectivity index (χ1n) is 10.4. The van der Waals surface area contributed by atoms with E-state index in [0.717, 1.165) is 30.3 Å². The number of ether oxygens (including phenoxy) is 1. The molecule has 8 heteroatoms. The fraction of sp³-hybridized carbons (Fsp3) is 0.375. The average Bonchev–Trinajstić information content (AvgIpc) is 3.03. The van der Waals surface area contributed by atoms with Gasteiger partial charge in [0.2, 0.25) is 0 Å². The first-order chi connectivity index (χ1) is 15.2. The molecule has 1 aliphatic heterocycles. The molecule has 4 rings (SSSR count). The van der Waals surface area contributed by atoms with E-state index in [-0.39, 0.29) is 23.7 Å². The number of alkyl halides is 2. The Bertz CT molecular complexity index is 1040. The highest BCUT2D eigenvalue weighted by atomic mass is 19.3. The molecule has 32 heavy (non-hydrogen) atoms. The van der Waals surface area contributed by atoms with Gasteiger partial charge in [-0.15, -0.1) is 0 Å². The van der Waals surface area contributed by atoms with Gasteiger partial charge in [-0.3, -0.25) is 0 Å². The zero-order valence-corrected chi connectivity index (χ0v) is 17.0. The molecule has 0 saturated heterocycles. The van der Waals surface area contributed by atoms with Crippen LogP contribution in [0.15, 0.2) is 48.6 Å². The standard InChI is InChI=1S/C24H22F4O4/c25-16-7-5-15(6-8-16)24(27,28)20(29)12-4-13-3-11-19-17(13)9-1-14-2-10-18(23(30)31)21(26)22(14)32-19/h2,4-8,10,12-13,17,19-20,29H,1,3,9,11H2,(H,30,31)/b12-4+/t13-,17-,19+,20?/m1/s1. The maximum absolute atomic E-state index is 14.7. The molecule has 0 amide bonds. The van der Waals surface area contributed by atoms with Crippen LogP contribution in [0.3, 0.4) is 0 Å². The van der Waals surface area contributed by atoms with Gasteiger partial charge in [0, 0.05) is 11.5 Å². The van der Waals surface area contributed by atoms with E-state index in [4.69, 9.17) is 9.84 Å². The molecule has 0 spiro atoms. The third-order valence-electron chi connectivity index (χ3n) is 6.38. The van der Waals surface area contributed by atoms with Crippen LogP contribution >= 0.6 is 0 Å². The molecule has 2 aromatic carbocycles. The number of rotatable bonds is 5. The van der Waals surface area contributed by atoms with Gasteiger partial charge in [-0.25, -0.2) is 13.6 Å². The lowest BCUT2D eigenvalue weighted by molar-refractivity contribution is -0.0930. The van der Waals surface area contributed by atoms with E-state index in [1.165, 1.54) is 6.07 Å². The molecule has 4 atom stereocenters. The van der Waals surface area contributed by atoms with Crippen molar-refractivity contribution in [1.29, 1.82) is 0 Å². The second kappa shape index (κ2) is 8.58. The molecule has 2 aliphatic rings. The van der Waals surface area contributed by atoms with E-state index < -0.39 is 40.8 Å². The number of halogens is 4. The summed E-state index contributed by atoms with van der Waals surface area (Å²) >= 11 is 0. The second-order valence-corrected chi connectivity index (χ2v) is 8.28. The first-order valence-corrected chi connectivity index (χ1v) is 10.4. The van der Waals surface area contributed by atoms with Gasteiger partial charge in [-0.1, -0.05) is 30.4 Å². The number of aliphatic hydroxyl groups is 1. The van der Waals surface area contributed by atoms with Gasteiger partial charge in [0.05, 0.1) is 5.56 Å². The van der Waals surface area contributed by atoms with Crippen LogP contribution in [-0.2, 0) is 12.3 Å². The molecule has 1 unspecified atom stereocenters. The minimum atomic E-state index is -3.59. The number of aromatic carboxylic acids is 1. The van der Waals surface area contributed by atoms with Gasteiger partial charge < -0.3 is 14.9 Å². The van der Waals surface area contributed by atoms with Gasteiger partial charge >= 0.3 is 11.9 Å². The largest absolute Gasteiger partial charge is 0.487 e. The summed E-state index contributed by atoms with van der Waals surface area (Å²) < 4.78 is 62.6. The van der Waals surface area contributed by atoms with Crippen molar-refractivity contribution >= 4 is 5.97 Å². The topological polar surface area (TPSA) is 66.8 Å². The second-order valence-electron chi connectivity index (χ2n) is 8.28.